The van der Waals surface area contributed by atoms with Crippen LogP contribution in [0.2, 0.25) is 0 Å². The van der Waals surface area contributed by atoms with Crippen molar-refractivity contribution in [3.05, 3.63) is 71.8 Å². The Morgan fingerprint density at radius 3 is 2.00 bits per heavy atom. The summed E-state index contributed by atoms with van der Waals surface area (Å²) >= 11 is 0. The summed E-state index contributed by atoms with van der Waals surface area (Å²) in [5, 5.41) is 0. The topological polar surface area (TPSA) is 72.2 Å². The van der Waals surface area contributed by atoms with Gasteiger partial charge in [-0.2, -0.15) is 0 Å². The Labute approximate surface area is 138 Å². The van der Waals surface area contributed by atoms with Gasteiger partial charge in [-0.3, -0.25) is 0 Å². The number of benzene rings is 2. The van der Waals surface area contributed by atoms with E-state index >= 15 is 0 Å². The second-order valence-corrected chi connectivity index (χ2v) is 7.49. The molecule has 0 aliphatic rings. The third-order valence-electron chi connectivity index (χ3n) is 3.78. The lowest BCUT2D eigenvalue weighted by molar-refractivity contribution is 0.503. The quantitative estimate of drug-likeness (QED) is 0.780. The van der Waals surface area contributed by atoms with Crippen LogP contribution >= 0.6 is 0 Å². The monoisotopic (exact) mass is 332 g/mol. The summed E-state index contributed by atoms with van der Waals surface area (Å²) in [4.78, 5) is 0. The van der Waals surface area contributed by atoms with E-state index in [1.807, 2.05) is 67.6 Å². The van der Waals surface area contributed by atoms with Gasteiger partial charge in [-0.1, -0.05) is 74.0 Å². The van der Waals surface area contributed by atoms with E-state index in [1.54, 1.807) is 0 Å². The first-order valence-corrected chi connectivity index (χ1v) is 9.54. The van der Waals surface area contributed by atoms with Crippen LogP contribution < -0.4 is 10.5 Å². The molecule has 5 heteroatoms. The van der Waals surface area contributed by atoms with Crippen molar-refractivity contribution < 1.29 is 8.42 Å². The highest BCUT2D eigenvalue weighted by atomic mass is 32.2. The van der Waals surface area contributed by atoms with E-state index in [4.69, 9.17) is 5.73 Å². The molecule has 0 aliphatic heterocycles. The normalized spacial score (nSPS) is 14.3. The predicted molar refractivity (Wildman–Crippen MR) is 94.4 cm³/mol. The summed E-state index contributed by atoms with van der Waals surface area (Å²) < 4.78 is 27.5. The molecule has 23 heavy (non-hydrogen) atoms. The van der Waals surface area contributed by atoms with E-state index in [9.17, 15) is 8.42 Å². The Morgan fingerprint density at radius 1 is 0.957 bits per heavy atom. The van der Waals surface area contributed by atoms with Crippen molar-refractivity contribution in [1.82, 2.24) is 4.72 Å². The predicted octanol–water partition coefficient (Wildman–Crippen LogP) is 3.15. The molecule has 2 atom stereocenters. The SMILES string of the molecule is CCCCS(=O)(=O)N[C@@H](c1ccccc1)[C@@H](N)c1ccccc1. The van der Waals surface area contributed by atoms with Gasteiger partial charge in [0.05, 0.1) is 17.8 Å². The van der Waals surface area contributed by atoms with E-state index in [2.05, 4.69) is 4.72 Å². The Hall–Kier alpha value is -1.69. The van der Waals surface area contributed by atoms with Crippen molar-refractivity contribution in [2.24, 2.45) is 5.73 Å². The Balaban J connectivity index is 2.29. The third-order valence-corrected chi connectivity index (χ3v) is 5.21. The fraction of sp³-hybridized carbons (Fsp3) is 0.333. The van der Waals surface area contributed by atoms with E-state index in [0.29, 0.717) is 6.42 Å². The van der Waals surface area contributed by atoms with Crippen LogP contribution in [0.15, 0.2) is 60.7 Å². The van der Waals surface area contributed by atoms with Gasteiger partial charge >= 0.3 is 0 Å². The Morgan fingerprint density at radius 2 is 1.48 bits per heavy atom. The van der Waals surface area contributed by atoms with Gasteiger partial charge in [0.2, 0.25) is 10.0 Å². The molecule has 4 nitrogen and oxygen atoms in total. The first kappa shape index (κ1) is 17.7. The van der Waals surface area contributed by atoms with E-state index < -0.39 is 22.1 Å². The number of sulfonamides is 1. The lowest BCUT2D eigenvalue weighted by Gasteiger charge is -2.26. The molecule has 0 amide bonds. The second-order valence-electron chi connectivity index (χ2n) is 5.62. The van der Waals surface area contributed by atoms with Crippen LogP contribution in [-0.4, -0.2) is 14.2 Å². The Bertz CT molecular complexity index is 687. The molecule has 2 aromatic rings. The number of hydrogen-bond donors (Lipinski definition) is 2. The van der Waals surface area contributed by atoms with Gasteiger partial charge < -0.3 is 5.73 Å². The fourth-order valence-corrected chi connectivity index (χ4v) is 3.92. The number of unbranched alkanes of at least 4 members (excludes halogenated alkanes) is 1. The molecule has 0 heterocycles. The van der Waals surface area contributed by atoms with Gasteiger partial charge in [0, 0.05) is 0 Å². The van der Waals surface area contributed by atoms with Crippen LogP contribution in [0.5, 0.6) is 0 Å². The summed E-state index contributed by atoms with van der Waals surface area (Å²) in [6.07, 6.45) is 1.47. The van der Waals surface area contributed by atoms with Crippen LogP contribution in [0.1, 0.15) is 43.0 Å². The van der Waals surface area contributed by atoms with E-state index in [-0.39, 0.29) is 5.75 Å². The molecule has 0 saturated carbocycles. The summed E-state index contributed by atoms with van der Waals surface area (Å²) in [6.45, 7) is 1.97. The van der Waals surface area contributed by atoms with E-state index in [1.165, 1.54) is 0 Å². The van der Waals surface area contributed by atoms with Crippen LogP contribution in [0.25, 0.3) is 0 Å². The van der Waals surface area contributed by atoms with Crippen molar-refractivity contribution in [3.63, 3.8) is 0 Å². The molecule has 0 fully saturated rings. The molecule has 0 aliphatic carbocycles. The lowest BCUT2D eigenvalue weighted by Crippen LogP contribution is -2.37. The zero-order chi connectivity index (χ0) is 16.7. The molecular weight excluding hydrogens is 308 g/mol. The van der Waals surface area contributed by atoms with Crippen molar-refractivity contribution in [1.29, 1.82) is 0 Å². The molecule has 0 unspecified atom stereocenters. The average molecular weight is 332 g/mol. The minimum absolute atomic E-state index is 0.119. The summed E-state index contributed by atoms with van der Waals surface area (Å²) in [5.41, 5.74) is 8.15. The first-order valence-electron chi connectivity index (χ1n) is 7.89. The summed E-state index contributed by atoms with van der Waals surface area (Å²) in [7, 11) is -3.37. The van der Waals surface area contributed by atoms with Gasteiger partial charge in [-0.05, 0) is 17.5 Å². The van der Waals surface area contributed by atoms with Crippen molar-refractivity contribution in [3.8, 4) is 0 Å². The minimum Gasteiger partial charge on any atom is -0.322 e. The molecule has 2 rings (SSSR count). The van der Waals surface area contributed by atoms with Gasteiger partial charge in [-0.15, -0.1) is 0 Å². The fourth-order valence-electron chi connectivity index (χ4n) is 2.46. The first-order chi connectivity index (χ1) is 11.0. The minimum atomic E-state index is -3.37. The van der Waals surface area contributed by atoms with Gasteiger partial charge in [0.25, 0.3) is 0 Å². The molecule has 124 valence electrons. The molecule has 0 spiro atoms. The zero-order valence-corrected chi connectivity index (χ0v) is 14.2. The number of nitrogens with two attached hydrogens (primary N) is 1. The maximum Gasteiger partial charge on any atom is 0.212 e. The second kappa shape index (κ2) is 8.24. The largest absolute Gasteiger partial charge is 0.322 e. The van der Waals surface area contributed by atoms with Crippen LogP contribution in [0.4, 0.5) is 0 Å². The van der Waals surface area contributed by atoms with Crippen molar-refractivity contribution in [2.45, 2.75) is 31.8 Å². The maximum atomic E-state index is 12.3. The van der Waals surface area contributed by atoms with Gasteiger partial charge in [-0.25, -0.2) is 13.1 Å². The van der Waals surface area contributed by atoms with Crippen molar-refractivity contribution >= 4 is 10.0 Å². The molecule has 0 bridgehead atoms. The summed E-state index contributed by atoms with van der Waals surface area (Å²) in [6, 6.07) is 18.1. The number of nitrogens with one attached hydrogen (secondary N) is 1. The molecule has 0 radical (unpaired) electrons. The molecule has 3 N–H and O–H groups in total. The van der Waals surface area contributed by atoms with Gasteiger partial charge in [0.1, 0.15) is 0 Å². The number of hydrogen-bond acceptors (Lipinski definition) is 3. The highest BCUT2D eigenvalue weighted by Gasteiger charge is 2.25. The van der Waals surface area contributed by atoms with Crippen LogP contribution in [0.3, 0.4) is 0 Å². The Kier molecular flexibility index (Phi) is 6.33. The molecule has 0 saturated heterocycles. The highest BCUT2D eigenvalue weighted by molar-refractivity contribution is 7.89. The zero-order valence-electron chi connectivity index (χ0n) is 13.4. The highest BCUT2D eigenvalue weighted by Crippen LogP contribution is 2.27. The smallest absolute Gasteiger partial charge is 0.212 e. The van der Waals surface area contributed by atoms with E-state index in [0.717, 1.165) is 17.5 Å². The van der Waals surface area contributed by atoms with Crippen LogP contribution in [0, 0.1) is 0 Å². The standard InChI is InChI=1S/C18H24N2O2S/c1-2-3-14-23(21,22)20-18(16-12-8-5-9-13-16)17(19)15-10-6-4-7-11-15/h4-13,17-18,20H,2-3,14,19H2,1H3/t17-,18-/m0/s1. The van der Waals surface area contributed by atoms with Crippen molar-refractivity contribution in [2.75, 3.05) is 5.75 Å². The summed E-state index contributed by atoms with van der Waals surface area (Å²) in [5.74, 6) is 0.119. The lowest BCUT2D eigenvalue weighted by atomic mass is 9.95. The molecule has 0 aromatic heterocycles. The maximum absolute atomic E-state index is 12.3. The van der Waals surface area contributed by atoms with Gasteiger partial charge in [0.15, 0.2) is 0 Å². The average Bonchev–Trinajstić information content (AvgIpc) is 2.59. The molecule has 2 aromatic carbocycles. The number of rotatable bonds is 8. The third kappa shape index (κ3) is 5.16. The molecular formula is C18H24N2O2S. The van der Waals surface area contributed by atoms with Crippen LogP contribution in [-0.2, 0) is 10.0 Å².